The Bertz CT molecular complexity index is 433. The Morgan fingerprint density at radius 2 is 2.17 bits per heavy atom. The molecule has 1 heterocycles. The number of hydrogen-bond acceptors (Lipinski definition) is 3. The van der Waals surface area contributed by atoms with Gasteiger partial charge in [-0.1, -0.05) is 45.0 Å². The minimum atomic E-state index is 0.351. The second kappa shape index (κ2) is 5.65. The van der Waals surface area contributed by atoms with Crippen molar-refractivity contribution in [3.63, 3.8) is 0 Å². The zero-order chi connectivity index (χ0) is 13.1. The molecule has 0 amide bonds. The van der Waals surface area contributed by atoms with Crippen molar-refractivity contribution in [1.29, 1.82) is 0 Å². The zero-order valence-electron chi connectivity index (χ0n) is 11.0. The first-order valence-corrected chi connectivity index (χ1v) is 7.02. The van der Waals surface area contributed by atoms with Crippen LogP contribution >= 0.6 is 12.2 Å². The summed E-state index contributed by atoms with van der Waals surface area (Å²) in [5, 5.41) is 3.53. The van der Waals surface area contributed by atoms with Crippen LogP contribution in [0.15, 0.2) is 18.2 Å². The predicted octanol–water partition coefficient (Wildman–Crippen LogP) is 2.95. The molecule has 0 saturated heterocycles. The number of aromatic nitrogens is 1. The lowest BCUT2D eigenvalue weighted by Gasteiger charge is -2.35. The van der Waals surface area contributed by atoms with Gasteiger partial charge < -0.3 is 11.1 Å². The summed E-state index contributed by atoms with van der Waals surface area (Å²) in [6.07, 6.45) is 3.84. The fraction of sp³-hybridized carbons (Fsp3) is 0.571. The SMILES string of the molecule is CC1CCCC(Nc2cccc(C(N)=S)n2)C1C. The Balaban J connectivity index is 2.08. The lowest BCUT2D eigenvalue weighted by Crippen LogP contribution is -2.35. The van der Waals surface area contributed by atoms with Gasteiger partial charge in [-0.05, 0) is 30.4 Å². The fourth-order valence-corrected chi connectivity index (χ4v) is 2.74. The Hall–Kier alpha value is -1.16. The third-order valence-corrected chi connectivity index (χ3v) is 4.25. The summed E-state index contributed by atoms with van der Waals surface area (Å²) in [7, 11) is 0. The first-order valence-electron chi connectivity index (χ1n) is 6.61. The number of hydrogen-bond donors (Lipinski definition) is 2. The molecule has 0 radical (unpaired) electrons. The maximum absolute atomic E-state index is 5.61. The van der Waals surface area contributed by atoms with E-state index < -0.39 is 0 Å². The second-order valence-corrected chi connectivity index (χ2v) is 5.73. The Kier molecular flexibility index (Phi) is 4.17. The van der Waals surface area contributed by atoms with Gasteiger partial charge in [0.05, 0.1) is 5.69 Å². The van der Waals surface area contributed by atoms with E-state index in [-0.39, 0.29) is 0 Å². The summed E-state index contributed by atoms with van der Waals surface area (Å²) in [5.41, 5.74) is 6.29. The zero-order valence-corrected chi connectivity index (χ0v) is 11.8. The molecule has 0 bridgehead atoms. The van der Waals surface area contributed by atoms with Crippen molar-refractivity contribution in [2.75, 3.05) is 5.32 Å². The third kappa shape index (κ3) is 2.99. The predicted molar refractivity (Wildman–Crippen MR) is 79.7 cm³/mol. The summed E-state index contributed by atoms with van der Waals surface area (Å²) in [4.78, 5) is 4.80. The van der Waals surface area contributed by atoms with Gasteiger partial charge in [-0.25, -0.2) is 4.98 Å². The molecule has 1 saturated carbocycles. The lowest BCUT2D eigenvalue weighted by atomic mass is 9.78. The number of nitrogens with one attached hydrogen (secondary N) is 1. The molecule has 0 spiro atoms. The minimum Gasteiger partial charge on any atom is -0.388 e. The fourth-order valence-electron chi connectivity index (χ4n) is 2.63. The van der Waals surface area contributed by atoms with E-state index in [0.29, 0.717) is 22.6 Å². The van der Waals surface area contributed by atoms with Crippen molar-refractivity contribution in [2.45, 2.75) is 39.2 Å². The van der Waals surface area contributed by atoms with E-state index in [1.807, 2.05) is 18.2 Å². The molecule has 3 atom stereocenters. The molecule has 3 unspecified atom stereocenters. The number of pyridine rings is 1. The smallest absolute Gasteiger partial charge is 0.126 e. The van der Waals surface area contributed by atoms with Crippen LogP contribution in [0, 0.1) is 11.8 Å². The largest absolute Gasteiger partial charge is 0.388 e. The molecule has 1 aromatic rings. The van der Waals surface area contributed by atoms with Crippen LogP contribution in [0.3, 0.4) is 0 Å². The van der Waals surface area contributed by atoms with Crippen LogP contribution in [0.2, 0.25) is 0 Å². The maximum Gasteiger partial charge on any atom is 0.126 e. The molecule has 1 fully saturated rings. The average Bonchev–Trinajstić information content (AvgIpc) is 2.35. The van der Waals surface area contributed by atoms with Gasteiger partial charge in [0.15, 0.2) is 0 Å². The Labute approximate surface area is 114 Å². The van der Waals surface area contributed by atoms with E-state index in [0.717, 1.165) is 11.7 Å². The number of nitrogens with two attached hydrogens (primary N) is 1. The van der Waals surface area contributed by atoms with Crippen LogP contribution in [0.1, 0.15) is 38.8 Å². The summed E-state index contributed by atoms with van der Waals surface area (Å²) in [5.74, 6) is 2.33. The van der Waals surface area contributed by atoms with Gasteiger partial charge in [-0.3, -0.25) is 0 Å². The first-order chi connectivity index (χ1) is 8.58. The summed E-state index contributed by atoms with van der Waals surface area (Å²) >= 11 is 4.96. The summed E-state index contributed by atoms with van der Waals surface area (Å²) in [6.45, 7) is 4.65. The normalized spacial score (nSPS) is 27.8. The average molecular weight is 263 g/mol. The molecule has 1 aromatic heterocycles. The highest BCUT2D eigenvalue weighted by Crippen LogP contribution is 2.31. The van der Waals surface area contributed by atoms with Gasteiger partial charge in [0.25, 0.3) is 0 Å². The van der Waals surface area contributed by atoms with E-state index in [1.54, 1.807) is 0 Å². The van der Waals surface area contributed by atoms with Crippen molar-refractivity contribution in [1.82, 2.24) is 4.98 Å². The quantitative estimate of drug-likeness (QED) is 0.823. The molecule has 3 nitrogen and oxygen atoms in total. The van der Waals surface area contributed by atoms with Gasteiger partial charge in [-0.15, -0.1) is 0 Å². The standard InChI is InChI=1S/C14H21N3S/c1-9-5-3-6-11(10(9)2)16-13-8-4-7-12(17-13)14(15)18/h4,7-11H,3,5-6H2,1-2H3,(H2,15,18)(H,16,17). The third-order valence-electron chi connectivity index (χ3n) is 4.04. The molecule has 2 rings (SSSR count). The number of nitrogens with zero attached hydrogens (tertiary/aromatic N) is 1. The molecule has 98 valence electrons. The van der Waals surface area contributed by atoms with Crippen LogP contribution < -0.4 is 11.1 Å². The van der Waals surface area contributed by atoms with E-state index in [2.05, 4.69) is 24.1 Å². The molecular weight excluding hydrogens is 242 g/mol. The molecular formula is C14H21N3S. The summed E-state index contributed by atoms with van der Waals surface area (Å²) < 4.78 is 0. The Morgan fingerprint density at radius 1 is 1.39 bits per heavy atom. The van der Waals surface area contributed by atoms with Crippen molar-refractivity contribution >= 4 is 23.0 Å². The van der Waals surface area contributed by atoms with Crippen molar-refractivity contribution in [3.8, 4) is 0 Å². The van der Waals surface area contributed by atoms with Gasteiger partial charge in [0, 0.05) is 6.04 Å². The van der Waals surface area contributed by atoms with Gasteiger partial charge in [0.1, 0.15) is 10.8 Å². The van der Waals surface area contributed by atoms with E-state index in [4.69, 9.17) is 18.0 Å². The first kappa shape index (κ1) is 13.3. The molecule has 4 heteroatoms. The van der Waals surface area contributed by atoms with Crippen LogP contribution in [-0.2, 0) is 0 Å². The topological polar surface area (TPSA) is 50.9 Å². The molecule has 0 aliphatic heterocycles. The number of rotatable bonds is 3. The van der Waals surface area contributed by atoms with Crippen molar-refractivity contribution < 1.29 is 0 Å². The molecule has 1 aliphatic carbocycles. The van der Waals surface area contributed by atoms with Crippen LogP contribution in [0.25, 0.3) is 0 Å². The number of thiocarbonyl (C=S) groups is 1. The molecule has 18 heavy (non-hydrogen) atoms. The maximum atomic E-state index is 5.61. The monoisotopic (exact) mass is 263 g/mol. The highest BCUT2D eigenvalue weighted by molar-refractivity contribution is 7.80. The molecule has 0 aromatic carbocycles. The van der Waals surface area contributed by atoms with Crippen LogP contribution in [-0.4, -0.2) is 16.0 Å². The van der Waals surface area contributed by atoms with Crippen LogP contribution in [0.5, 0.6) is 0 Å². The highest BCUT2D eigenvalue weighted by Gasteiger charge is 2.27. The van der Waals surface area contributed by atoms with Crippen molar-refractivity contribution in [3.05, 3.63) is 23.9 Å². The van der Waals surface area contributed by atoms with E-state index >= 15 is 0 Å². The van der Waals surface area contributed by atoms with E-state index in [1.165, 1.54) is 19.3 Å². The lowest BCUT2D eigenvalue weighted by molar-refractivity contribution is 0.253. The number of anilines is 1. The molecule has 1 aliphatic rings. The van der Waals surface area contributed by atoms with Crippen LogP contribution in [0.4, 0.5) is 5.82 Å². The van der Waals surface area contributed by atoms with Gasteiger partial charge in [-0.2, -0.15) is 0 Å². The summed E-state index contributed by atoms with van der Waals surface area (Å²) in [6, 6.07) is 6.28. The highest BCUT2D eigenvalue weighted by atomic mass is 32.1. The van der Waals surface area contributed by atoms with Gasteiger partial charge in [0.2, 0.25) is 0 Å². The van der Waals surface area contributed by atoms with Crippen molar-refractivity contribution in [2.24, 2.45) is 17.6 Å². The Morgan fingerprint density at radius 3 is 2.89 bits per heavy atom. The van der Waals surface area contributed by atoms with Gasteiger partial charge >= 0.3 is 0 Å². The van der Waals surface area contributed by atoms with E-state index in [9.17, 15) is 0 Å². The molecule has 3 N–H and O–H groups in total. The minimum absolute atomic E-state index is 0.351. The second-order valence-electron chi connectivity index (χ2n) is 5.29.